The molecule has 4 heteroatoms. The van der Waals surface area contributed by atoms with Gasteiger partial charge in [-0.25, -0.2) is 4.98 Å². The first-order valence-electron chi connectivity index (χ1n) is 7.19. The van der Waals surface area contributed by atoms with E-state index in [1.807, 2.05) is 6.33 Å². The smallest absolute Gasteiger partial charge is 0.0925 e. The number of nitrogens with one attached hydrogen (secondary N) is 2. The van der Waals surface area contributed by atoms with Crippen molar-refractivity contribution in [3.63, 3.8) is 0 Å². The van der Waals surface area contributed by atoms with Crippen LogP contribution >= 0.6 is 0 Å². The summed E-state index contributed by atoms with van der Waals surface area (Å²) < 4.78 is 0. The Morgan fingerprint density at radius 1 is 1.50 bits per heavy atom. The van der Waals surface area contributed by atoms with Crippen molar-refractivity contribution in [1.29, 1.82) is 0 Å². The Labute approximate surface area is 110 Å². The van der Waals surface area contributed by atoms with E-state index in [4.69, 9.17) is 0 Å². The van der Waals surface area contributed by atoms with Crippen LogP contribution in [-0.2, 0) is 13.0 Å². The molecule has 0 saturated heterocycles. The number of likely N-dealkylation sites (N-methyl/N-ethyl adjacent to an activating group) is 1. The van der Waals surface area contributed by atoms with E-state index in [9.17, 15) is 0 Å². The fourth-order valence-electron chi connectivity index (χ4n) is 2.57. The first-order valence-corrected chi connectivity index (χ1v) is 7.19. The molecule has 2 N–H and O–H groups in total. The molecular weight excluding hydrogens is 224 g/mol. The quantitative estimate of drug-likeness (QED) is 0.809. The Balaban J connectivity index is 1.86. The van der Waals surface area contributed by atoms with E-state index < -0.39 is 0 Å². The molecule has 0 radical (unpaired) electrons. The maximum Gasteiger partial charge on any atom is 0.0925 e. The van der Waals surface area contributed by atoms with Gasteiger partial charge in [-0.05, 0) is 12.5 Å². The summed E-state index contributed by atoms with van der Waals surface area (Å²) in [4.78, 5) is 10.2. The van der Waals surface area contributed by atoms with E-state index in [-0.39, 0.29) is 0 Å². The Morgan fingerprint density at radius 2 is 2.33 bits per heavy atom. The van der Waals surface area contributed by atoms with E-state index in [1.54, 1.807) is 0 Å². The molecule has 1 aliphatic heterocycles. The second-order valence-electron chi connectivity index (χ2n) is 5.48. The van der Waals surface area contributed by atoms with E-state index in [2.05, 4.69) is 41.0 Å². The van der Waals surface area contributed by atoms with Crippen molar-refractivity contribution in [2.45, 2.75) is 46.2 Å². The zero-order valence-corrected chi connectivity index (χ0v) is 11.9. The number of nitrogens with zero attached hydrogens (tertiary/aromatic N) is 2. The molecule has 1 aromatic heterocycles. The van der Waals surface area contributed by atoms with E-state index in [1.165, 1.54) is 24.4 Å². The lowest BCUT2D eigenvalue weighted by atomic mass is 10.0. The lowest BCUT2D eigenvalue weighted by Crippen LogP contribution is -2.45. The van der Waals surface area contributed by atoms with Gasteiger partial charge in [0.1, 0.15) is 0 Å². The first-order chi connectivity index (χ1) is 8.72. The van der Waals surface area contributed by atoms with Gasteiger partial charge in [0, 0.05) is 32.1 Å². The van der Waals surface area contributed by atoms with Gasteiger partial charge in [0.05, 0.1) is 17.7 Å². The molecule has 0 saturated carbocycles. The molecule has 0 fully saturated rings. The summed E-state index contributed by atoms with van der Waals surface area (Å²) in [6.45, 7) is 11.3. The van der Waals surface area contributed by atoms with Crippen LogP contribution in [0.2, 0.25) is 0 Å². The Morgan fingerprint density at radius 3 is 3.06 bits per heavy atom. The molecule has 0 aromatic carbocycles. The maximum absolute atomic E-state index is 4.40. The molecule has 102 valence electrons. The van der Waals surface area contributed by atoms with Gasteiger partial charge in [-0.15, -0.1) is 0 Å². The van der Waals surface area contributed by atoms with Crippen LogP contribution in [0.1, 0.15) is 38.6 Å². The summed E-state index contributed by atoms with van der Waals surface area (Å²) >= 11 is 0. The molecule has 2 unspecified atom stereocenters. The van der Waals surface area contributed by atoms with E-state index >= 15 is 0 Å². The molecule has 1 aliphatic rings. The number of aromatic nitrogens is 2. The number of H-pyrrole nitrogens is 1. The molecule has 0 amide bonds. The first kappa shape index (κ1) is 13.6. The van der Waals surface area contributed by atoms with Gasteiger partial charge in [-0.3, -0.25) is 0 Å². The van der Waals surface area contributed by atoms with Gasteiger partial charge in [-0.2, -0.15) is 0 Å². The third kappa shape index (κ3) is 3.33. The second kappa shape index (κ2) is 6.34. The van der Waals surface area contributed by atoms with Crippen LogP contribution in [0.5, 0.6) is 0 Å². The third-order valence-corrected chi connectivity index (χ3v) is 4.01. The summed E-state index contributed by atoms with van der Waals surface area (Å²) in [6.07, 6.45) is 4.12. The predicted octanol–water partition coefficient (Wildman–Crippen LogP) is 1.79. The summed E-state index contributed by atoms with van der Waals surface area (Å²) in [6, 6.07) is 0.546. The van der Waals surface area contributed by atoms with Gasteiger partial charge in [0.2, 0.25) is 0 Å². The fourth-order valence-corrected chi connectivity index (χ4v) is 2.57. The summed E-state index contributed by atoms with van der Waals surface area (Å²) in [5, 5.41) is 3.60. The second-order valence-corrected chi connectivity index (χ2v) is 5.48. The zero-order chi connectivity index (χ0) is 13.0. The number of hydrogen-bond acceptors (Lipinski definition) is 3. The van der Waals surface area contributed by atoms with Crippen molar-refractivity contribution in [1.82, 2.24) is 20.2 Å². The van der Waals surface area contributed by atoms with E-state index in [0.717, 1.165) is 32.0 Å². The summed E-state index contributed by atoms with van der Waals surface area (Å²) in [7, 11) is 0. The minimum Gasteiger partial charge on any atom is -0.347 e. The summed E-state index contributed by atoms with van der Waals surface area (Å²) in [5.74, 6) is 0.787. The fraction of sp³-hybridized carbons (Fsp3) is 0.786. The van der Waals surface area contributed by atoms with Crippen LogP contribution in [0.15, 0.2) is 6.33 Å². The monoisotopic (exact) mass is 250 g/mol. The highest BCUT2D eigenvalue weighted by atomic mass is 15.2. The number of fused-ring (bicyclic) bond motifs is 1. The van der Waals surface area contributed by atoms with Crippen molar-refractivity contribution < 1.29 is 0 Å². The predicted molar refractivity (Wildman–Crippen MR) is 74.5 cm³/mol. The van der Waals surface area contributed by atoms with Crippen molar-refractivity contribution >= 4 is 0 Å². The standard InChI is InChI=1S/C14H26N4/c1-4-11(3)8-18(5-2)9-12-6-13-14(7-15-12)17-10-16-13/h10-12,15H,4-9H2,1-3H3,(H,16,17). The third-order valence-electron chi connectivity index (χ3n) is 4.01. The highest BCUT2D eigenvalue weighted by Crippen LogP contribution is 2.13. The van der Waals surface area contributed by atoms with Crippen LogP contribution in [0, 0.1) is 5.92 Å². The lowest BCUT2D eigenvalue weighted by Gasteiger charge is -2.30. The van der Waals surface area contributed by atoms with Crippen LogP contribution in [0.3, 0.4) is 0 Å². The molecule has 4 nitrogen and oxygen atoms in total. The van der Waals surface area contributed by atoms with Crippen LogP contribution in [-0.4, -0.2) is 40.5 Å². The number of imidazole rings is 1. The lowest BCUT2D eigenvalue weighted by molar-refractivity contribution is 0.215. The largest absolute Gasteiger partial charge is 0.347 e. The molecule has 2 heterocycles. The van der Waals surface area contributed by atoms with Crippen molar-refractivity contribution in [2.24, 2.45) is 5.92 Å². The Kier molecular flexibility index (Phi) is 4.78. The molecular formula is C14H26N4. The van der Waals surface area contributed by atoms with Gasteiger partial charge in [-0.1, -0.05) is 27.2 Å². The normalized spacial score (nSPS) is 21.0. The minimum absolute atomic E-state index is 0.546. The molecule has 1 aromatic rings. The van der Waals surface area contributed by atoms with Crippen molar-refractivity contribution in [3.8, 4) is 0 Å². The molecule has 2 atom stereocenters. The highest BCUT2D eigenvalue weighted by Gasteiger charge is 2.21. The van der Waals surface area contributed by atoms with Gasteiger partial charge >= 0.3 is 0 Å². The van der Waals surface area contributed by atoms with Crippen LogP contribution < -0.4 is 5.32 Å². The van der Waals surface area contributed by atoms with Crippen LogP contribution in [0.25, 0.3) is 0 Å². The Bertz CT molecular complexity index is 360. The van der Waals surface area contributed by atoms with Gasteiger partial charge in [0.25, 0.3) is 0 Å². The minimum atomic E-state index is 0.546. The molecule has 2 rings (SSSR count). The van der Waals surface area contributed by atoms with E-state index in [0.29, 0.717) is 6.04 Å². The van der Waals surface area contributed by atoms with Crippen molar-refractivity contribution in [2.75, 3.05) is 19.6 Å². The maximum atomic E-state index is 4.40. The number of aromatic amines is 1. The van der Waals surface area contributed by atoms with Gasteiger partial charge < -0.3 is 15.2 Å². The zero-order valence-electron chi connectivity index (χ0n) is 11.9. The van der Waals surface area contributed by atoms with Gasteiger partial charge in [0.15, 0.2) is 0 Å². The molecule has 18 heavy (non-hydrogen) atoms. The SMILES string of the molecule is CCC(C)CN(CC)CC1Cc2nc[nH]c2CN1. The number of rotatable bonds is 6. The Hall–Kier alpha value is -0.870. The average Bonchev–Trinajstić information content (AvgIpc) is 2.85. The molecule has 0 spiro atoms. The van der Waals surface area contributed by atoms with Crippen LogP contribution in [0.4, 0.5) is 0 Å². The average molecular weight is 250 g/mol. The highest BCUT2D eigenvalue weighted by molar-refractivity contribution is 5.15. The molecule has 0 aliphatic carbocycles. The summed E-state index contributed by atoms with van der Waals surface area (Å²) in [5.41, 5.74) is 2.51. The van der Waals surface area contributed by atoms with Crippen molar-refractivity contribution in [3.05, 3.63) is 17.7 Å². The molecule has 0 bridgehead atoms. The topological polar surface area (TPSA) is 44.0 Å². The number of hydrogen-bond donors (Lipinski definition) is 2.